The Morgan fingerprint density at radius 1 is 1.39 bits per heavy atom. The van der Waals surface area contributed by atoms with E-state index < -0.39 is 0 Å². The van der Waals surface area contributed by atoms with Gasteiger partial charge in [-0.25, -0.2) is 0 Å². The van der Waals surface area contributed by atoms with E-state index in [-0.39, 0.29) is 0 Å². The van der Waals surface area contributed by atoms with E-state index in [4.69, 9.17) is 11.6 Å². The number of halogens is 1. The molecule has 1 atom stereocenters. The standard InChI is InChI=1S/C15H21ClN2/c1-11-3-4-13(16)7-14(11)18-8-12(2)17-9-15(10-18)5-6-15/h3-4,7,12,17H,5-6,8-10H2,1-2H3. The molecule has 0 aromatic heterocycles. The Morgan fingerprint density at radius 2 is 2.17 bits per heavy atom. The van der Waals surface area contributed by atoms with Crippen LogP contribution in [0.1, 0.15) is 25.3 Å². The maximum Gasteiger partial charge on any atom is 0.0426 e. The number of rotatable bonds is 1. The number of hydrogen-bond donors (Lipinski definition) is 1. The van der Waals surface area contributed by atoms with Crippen LogP contribution >= 0.6 is 11.6 Å². The van der Waals surface area contributed by atoms with Gasteiger partial charge in [-0.05, 0) is 44.4 Å². The van der Waals surface area contributed by atoms with Crippen LogP contribution in [0, 0.1) is 12.3 Å². The van der Waals surface area contributed by atoms with E-state index >= 15 is 0 Å². The highest BCUT2D eigenvalue weighted by molar-refractivity contribution is 6.30. The summed E-state index contributed by atoms with van der Waals surface area (Å²) in [6.45, 7) is 7.86. The van der Waals surface area contributed by atoms with Gasteiger partial charge in [0, 0.05) is 41.8 Å². The molecule has 2 aliphatic rings. The molecule has 1 aliphatic carbocycles. The van der Waals surface area contributed by atoms with Crippen molar-refractivity contribution >= 4 is 17.3 Å². The van der Waals surface area contributed by atoms with E-state index in [1.807, 2.05) is 6.07 Å². The molecule has 1 unspecified atom stereocenters. The van der Waals surface area contributed by atoms with Gasteiger partial charge < -0.3 is 10.2 Å². The highest BCUT2D eigenvalue weighted by atomic mass is 35.5. The topological polar surface area (TPSA) is 15.3 Å². The minimum absolute atomic E-state index is 0.527. The Hall–Kier alpha value is -0.730. The number of benzene rings is 1. The van der Waals surface area contributed by atoms with Gasteiger partial charge >= 0.3 is 0 Å². The van der Waals surface area contributed by atoms with Crippen LogP contribution in [0.5, 0.6) is 0 Å². The van der Waals surface area contributed by atoms with Crippen LogP contribution in [-0.4, -0.2) is 25.7 Å². The first-order valence-corrected chi connectivity index (χ1v) is 7.20. The fourth-order valence-electron chi connectivity index (χ4n) is 2.93. The Labute approximate surface area is 114 Å². The summed E-state index contributed by atoms with van der Waals surface area (Å²) in [6.07, 6.45) is 2.73. The van der Waals surface area contributed by atoms with Crippen LogP contribution in [0.15, 0.2) is 18.2 Å². The third kappa shape index (κ3) is 2.36. The second kappa shape index (κ2) is 4.43. The van der Waals surface area contributed by atoms with Gasteiger partial charge in [0.15, 0.2) is 0 Å². The minimum atomic E-state index is 0.527. The number of hydrogen-bond acceptors (Lipinski definition) is 2. The molecule has 18 heavy (non-hydrogen) atoms. The lowest BCUT2D eigenvalue weighted by molar-refractivity contribution is 0.479. The zero-order valence-corrected chi connectivity index (χ0v) is 11.9. The van der Waals surface area contributed by atoms with Gasteiger partial charge in [-0.1, -0.05) is 17.7 Å². The molecule has 1 aromatic carbocycles. The van der Waals surface area contributed by atoms with Crippen LogP contribution in [0.25, 0.3) is 0 Å². The molecule has 0 bridgehead atoms. The molecule has 1 heterocycles. The first kappa shape index (κ1) is 12.3. The molecule has 0 amide bonds. The first-order chi connectivity index (χ1) is 8.58. The Morgan fingerprint density at radius 3 is 2.89 bits per heavy atom. The van der Waals surface area contributed by atoms with E-state index in [9.17, 15) is 0 Å². The van der Waals surface area contributed by atoms with E-state index in [1.54, 1.807) is 0 Å². The van der Waals surface area contributed by atoms with Crippen molar-refractivity contribution in [3.63, 3.8) is 0 Å². The molecular formula is C15H21ClN2. The quantitative estimate of drug-likeness (QED) is 0.838. The van der Waals surface area contributed by atoms with Crippen molar-refractivity contribution in [1.29, 1.82) is 0 Å². The molecule has 3 rings (SSSR count). The summed E-state index contributed by atoms with van der Waals surface area (Å²) in [7, 11) is 0. The van der Waals surface area contributed by atoms with Gasteiger partial charge in [-0.3, -0.25) is 0 Å². The lowest BCUT2D eigenvalue weighted by Gasteiger charge is -2.28. The minimum Gasteiger partial charge on any atom is -0.369 e. The molecule has 1 aromatic rings. The van der Waals surface area contributed by atoms with Crippen LogP contribution in [-0.2, 0) is 0 Å². The van der Waals surface area contributed by atoms with E-state index in [0.29, 0.717) is 11.5 Å². The number of aryl methyl sites for hydroxylation is 1. The second-order valence-corrected chi connectivity index (χ2v) is 6.53. The zero-order chi connectivity index (χ0) is 12.8. The van der Waals surface area contributed by atoms with Gasteiger partial charge in [0.25, 0.3) is 0 Å². The molecule has 3 heteroatoms. The third-order valence-corrected chi connectivity index (χ3v) is 4.55. The Balaban J connectivity index is 1.91. The molecule has 1 N–H and O–H groups in total. The predicted molar refractivity (Wildman–Crippen MR) is 77.5 cm³/mol. The summed E-state index contributed by atoms with van der Waals surface area (Å²) in [5.74, 6) is 0. The van der Waals surface area contributed by atoms with Gasteiger partial charge in [0.05, 0.1) is 0 Å². The first-order valence-electron chi connectivity index (χ1n) is 6.83. The van der Waals surface area contributed by atoms with Crippen molar-refractivity contribution in [2.45, 2.75) is 32.7 Å². The molecule has 1 aliphatic heterocycles. The fraction of sp³-hybridized carbons (Fsp3) is 0.600. The van der Waals surface area contributed by atoms with Gasteiger partial charge in [0.1, 0.15) is 0 Å². The van der Waals surface area contributed by atoms with Crippen LogP contribution in [0.3, 0.4) is 0 Å². The fourth-order valence-corrected chi connectivity index (χ4v) is 3.10. The van der Waals surface area contributed by atoms with Gasteiger partial charge in [0.2, 0.25) is 0 Å². The van der Waals surface area contributed by atoms with Crippen molar-refractivity contribution in [2.24, 2.45) is 5.41 Å². The summed E-state index contributed by atoms with van der Waals surface area (Å²) < 4.78 is 0. The highest BCUT2D eigenvalue weighted by Gasteiger charge is 2.45. The van der Waals surface area contributed by atoms with Crippen LogP contribution in [0.2, 0.25) is 5.02 Å². The monoisotopic (exact) mass is 264 g/mol. The number of anilines is 1. The lowest BCUT2D eigenvalue weighted by Crippen LogP contribution is -2.35. The SMILES string of the molecule is Cc1ccc(Cl)cc1N1CC(C)NCC2(CC2)C1. The Bertz CT molecular complexity index is 454. The summed E-state index contributed by atoms with van der Waals surface area (Å²) in [5, 5.41) is 4.49. The average molecular weight is 265 g/mol. The summed E-state index contributed by atoms with van der Waals surface area (Å²) >= 11 is 6.16. The second-order valence-electron chi connectivity index (χ2n) is 6.09. The largest absolute Gasteiger partial charge is 0.369 e. The van der Waals surface area contributed by atoms with Gasteiger partial charge in [-0.2, -0.15) is 0 Å². The predicted octanol–water partition coefficient (Wildman–Crippen LogP) is 3.23. The van der Waals surface area contributed by atoms with Crippen molar-refractivity contribution in [3.05, 3.63) is 28.8 Å². The van der Waals surface area contributed by atoms with E-state index in [2.05, 4.69) is 36.2 Å². The maximum absolute atomic E-state index is 6.16. The average Bonchev–Trinajstić information content (AvgIpc) is 3.11. The zero-order valence-electron chi connectivity index (χ0n) is 11.2. The van der Waals surface area contributed by atoms with Crippen molar-refractivity contribution in [1.82, 2.24) is 5.32 Å². The van der Waals surface area contributed by atoms with Crippen LogP contribution < -0.4 is 10.2 Å². The van der Waals surface area contributed by atoms with Gasteiger partial charge in [-0.15, -0.1) is 0 Å². The molecular weight excluding hydrogens is 244 g/mol. The summed E-state index contributed by atoms with van der Waals surface area (Å²) in [4.78, 5) is 2.53. The van der Waals surface area contributed by atoms with E-state index in [1.165, 1.54) is 37.2 Å². The lowest BCUT2D eigenvalue weighted by atomic mass is 10.1. The molecule has 2 nitrogen and oxygen atoms in total. The number of nitrogens with zero attached hydrogens (tertiary/aromatic N) is 1. The molecule has 1 spiro atoms. The summed E-state index contributed by atoms with van der Waals surface area (Å²) in [5.41, 5.74) is 3.16. The molecule has 0 radical (unpaired) electrons. The number of nitrogens with one attached hydrogen (secondary N) is 1. The normalized spacial score (nSPS) is 26.2. The molecule has 1 saturated carbocycles. The molecule has 98 valence electrons. The molecule has 2 fully saturated rings. The third-order valence-electron chi connectivity index (χ3n) is 4.32. The van der Waals surface area contributed by atoms with Crippen molar-refractivity contribution in [3.8, 4) is 0 Å². The molecule has 1 saturated heterocycles. The maximum atomic E-state index is 6.16. The smallest absolute Gasteiger partial charge is 0.0426 e. The Kier molecular flexibility index (Phi) is 3.03. The van der Waals surface area contributed by atoms with E-state index in [0.717, 1.165) is 11.6 Å². The van der Waals surface area contributed by atoms with Crippen molar-refractivity contribution in [2.75, 3.05) is 24.5 Å². The van der Waals surface area contributed by atoms with Crippen molar-refractivity contribution < 1.29 is 0 Å². The van der Waals surface area contributed by atoms with Crippen LogP contribution in [0.4, 0.5) is 5.69 Å². The summed E-state index contributed by atoms with van der Waals surface area (Å²) in [6, 6.07) is 6.77. The highest BCUT2D eigenvalue weighted by Crippen LogP contribution is 2.47.